The van der Waals surface area contributed by atoms with E-state index in [0.29, 0.717) is 17.5 Å². The van der Waals surface area contributed by atoms with Gasteiger partial charge >= 0.3 is 0 Å². The predicted octanol–water partition coefficient (Wildman–Crippen LogP) is 13.2. The van der Waals surface area contributed by atoms with Crippen LogP contribution in [0.5, 0.6) is 0 Å². The van der Waals surface area contributed by atoms with Crippen LogP contribution in [-0.2, 0) is 0 Å². The summed E-state index contributed by atoms with van der Waals surface area (Å²) in [6.07, 6.45) is 0. The van der Waals surface area contributed by atoms with Gasteiger partial charge in [0.2, 0.25) is 0 Å². The van der Waals surface area contributed by atoms with Crippen molar-refractivity contribution in [2.24, 2.45) is 0 Å². The first-order valence-corrected chi connectivity index (χ1v) is 18.8. The highest BCUT2D eigenvalue weighted by Gasteiger charge is 2.20. The van der Waals surface area contributed by atoms with Gasteiger partial charge in [0.05, 0.1) is 11.0 Å². The number of fused-ring (bicyclic) bond motifs is 6. The zero-order valence-corrected chi connectivity index (χ0v) is 30.2. The molecule has 56 heavy (non-hydrogen) atoms. The Hall–Kier alpha value is -7.63. The van der Waals surface area contributed by atoms with Gasteiger partial charge in [0.25, 0.3) is 0 Å². The second kappa shape index (κ2) is 13.0. The highest BCUT2D eigenvalue weighted by Crippen LogP contribution is 2.42. The molecule has 0 atom stereocenters. The maximum atomic E-state index is 6.86. The van der Waals surface area contributed by atoms with E-state index in [2.05, 4.69) is 138 Å². The lowest BCUT2D eigenvalue weighted by molar-refractivity contribution is 0.670. The van der Waals surface area contributed by atoms with E-state index in [1.54, 1.807) is 0 Å². The molecule has 0 radical (unpaired) electrons. The van der Waals surface area contributed by atoms with Crippen molar-refractivity contribution in [2.45, 2.75) is 0 Å². The summed E-state index contributed by atoms with van der Waals surface area (Å²) in [5, 5.41) is 4.49. The molecule has 3 aromatic heterocycles. The molecule has 0 spiro atoms. The van der Waals surface area contributed by atoms with Gasteiger partial charge in [0.15, 0.2) is 17.5 Å². The van der Waals surface area contributed by atoms with Crippen molar-refractivity contribution < 1.29 is 4.42 Å². The predicted molar refractivity (Wildman–Crippen MR) is 229 cm³/mol. The van der Waals surface area contributed by atoms with Crippen LogP contribution < -0.4 is 0 Å². The van der Waals surface area contributed by atoms with Crippen LogP contribution >= 0.6 is 0 Å². The normalized spacial score (nSPS) is 11.6. The molecule has 0 amide bonds. The van der Waals surface area contributed by atoms with Crippen LogP contribution in [0.25, 0.3) is 106 Å². The number of para-hydroxylation sites is 1. The van der Waals surface area contributed by atoms with Gasteiger partial charge in [-0.15, -0.1) is 0 Å². The summed E-state index contributed by atoms with van der Waals surface area (Å²) in [5.41, 5.74) is 12.2. The van der Waals surface area contributed by atoms with E-state index in [4.69, 9.17) is 19.4 Å². The average molecular weight is 717 g/mol. The van der Waals surface area contributed by atoms with Crippen LogP contribution in [-0.4, -0.2) is 19.5 Å². The molecule has 0 N–H and O–H groups in total. The molecule has 5 heteroatoms. The first-order valence-electron chi connectivity index (χ1n) is 18.8. The average Bonchev–Trinajstić information content (AvgIpc) is 3.82. The summed E-state index contributed by atoms with van der Waals surface area (Å²) in [5.74, 6) is 1.83. The zero-order valence-electron chi connectivity index (χ0n) is 30.2. The van der Waals surface area contributed by atoms with Crippen molar-refractivity contribution in [3.05, 3.63) is 194 Å². The molecule has 5 nitrogen and oxygen atoms in total. The van der Waals surface area contributed by atoms with E-state index in [1.807, 2.05) is 60.7 Å². The molecule has 0 aliphatic heterocycles. The van der Waals surface area contributed by atoms with Crippen molar-refractivity contribution in [2.75, 3.05) is 0 Å². The van der Waals surface area contributed by atoms with Gasteiger partial charge in [-0.25, -0.2) is 15.0 Å². The SMILES string of the molecule is c1ccc(-c2ccc3c(c2)c2ccccc2n3-c2cc(-c3ccccc3)c3oc4cc(-c5nc(-c6ccccc6)nc(-c6ccccc6)n5)ccc4c3c2)cc1. The van der Waals surface area contributed by atoms with Crippen molar-refractivity contribution in [3.63, 3.8) is 0 Å². The second-order valence-electron chi connectivity index (χ2n) is 14.0. The fraction of sp³-hybridized carbons (Fsp3) is 0. The van der Waals surface area contributed by atoms with E-state index in [1.165, 1.54) is 21.9 Å². The Morgan fingerprint density at radius 2 is 0.875 bits per heavy atom. The van der Waals surface area contributed by atoms with Gasteiger partial charge in [-0.3, -0.25) is 0 Å². The van der Waals surface area contributed by atoms with Crippen molar-refractivity contribution in [1.82, 2.24) is 19.5 Å². The first kappa shape index (κ1) is 31.9. The number of benzene rings is 8. The van der Waals surface area contributed by atoms with Crippen molar-refractivity contribution in [3.8, 4) is 62.1 Å². The van der Waals surface area contributed by atoms with Gasteiger partial charge in [-0.2, -0.15) is 0 Å². The fourth-order valence-corrected chi connectivity index (χ4v) is 7.96. The van der Waals surface area contributed by atoms with E-state index >= 15 is 0 Å². The van der Waals surface area contributed by atoms with Crippen LogP contribution in [0.3, 0.4) is 0 Å². The smallest absolute Gasteiger partial charge is 0.164 e. The number of nitrogens with zero attached hydrogens (tertiary/aromatic N) is 4. The van der Waals surface area contributed by atoms with Crippen molar-refractivity contribution >= 4 is 43.7 Å². The van der Waals surface area contributed by atoms with Crippen LogP contribution in [0.1, 0.15) is 0 Å². The molecular formula is C51H32N4O. The molecule has 11 aromatic rings. The van der Waals surface area contributed by atoms with Crippen LogP contribution in [0.4, 0.5) is 0 Å². The van der Waals surface area contributed by atoms with E-state index in [-0.39, 0.29) is 0 Å². The monoisotopic (exact) mass is 716 g/mol. The molecular weight excluding hydrogens is 685 g/mol. The molecule has 0 aliphatic rings. The minimum Gasteiger partial charge on any atom is -0.455 e. The van der Waals surface area contributed by atoms with Gasteiger partial charge < -0.3 is 8.98 Å². The molecule has 0 fully saturated rings. The zero-order chi connectivity index (χ0) is 37.0. The molecule has 0 bridgehead atoms. The first-order chi connectivity index (χ1) is 27.7. The Morgan fingerprint density at radius 1 is 0.339 bits per heavy atom. The largest absolute Gasteiger partial charge is 0.455 e. The Kier molecular flexibility index (Phi) is 7.42. The maximum Gasteiger partial charge on any atom is 0.164 e. The van der Waals surface area contributed by atoms with E-state index in [9.17, 15) is 0 Å². The van der Waals surface area contributed by atoms with Gasteiger partial charge in [-0.05, 0) is 59.2 Å². The lowest BCUT2D eigenvalue weighted by Crippen LogP contribution is -2.00. The second-order valence-corrected chi connectivity index (χ2v) is 14.0. The van der Waals surface area contributed by atoms with Crippen molar-refractivity contribution in [1.29, 1.82) is 0 Å². The molecule has 0 aliphatic carbocycles. The number of furan rings is 1. The molecule has 0 saturated carbocycles. The topological polar surface area (TPSA) is 56.7 Å². The highest BCUT2D eigenvalue weighted by molar-refractivity contribution is 6.14. The number of hydrogen-bond donors (Lipinski definition) is 0. The maximum absolute atomic E-state index is 6.86. The third kappa shape index (κ3) is 5.37. The van der Waals surface area contributed by atoms with Gasteiger partial charge in [0, 0.05) is 49.5 Å². The Morgan fingerprint density at radius 3 is 1.54 bits per heavy atom. The lowest BCUT2D eigenvalue weighted by Gasteiger charge is -2.12. The standard InChI is InChI=1S/C51H32N4O/c1-5-15-33(16-6-1)37-26-28-46-43(29-37)40-23-13-14-24-45(40)55(46)39-31-42(34-17-7-2-8-18-34)48-44(32-39)41-27-25-38(30-47(41)56-48)51-53-49(35-19-9-3-10-20-35)52-50(54-51)36-21-11-4-12-22-36/h1-32H. The highest BCUT2D eigenvalue weighted by atomic mass is 16.3. The van der Waals surface area contributed by atoms with Crippen LogP contribution in [0.2, 0.25) is 0 Å². The van der Waals surface area contributed by atoms with Crippen LogP contribution in [0.15, 0.2) is 199 Å². The summed E-state index contributed by atoms with van der Waals surface area (Å²) in [6, 6.07) is 67.5. The molecule has 11 rings (SSSR count). The molecule has 0 saturated heterocycles. The molecule has 0 unspecified atom stereocenters. The Bertz CT molecular complexity index is 3170. The number of aromatic nitrogens is 4. The third-order valence-electron chi connectivity index (χ3n) is 10.6. The summed E-state index contributed by atoms with van der Waals surface area (Å²) in [7, 11) is 0. The quantitative estimate of drug-likeness (QED) is 0.172. The lowest BCUT2D eigenvalue weighted by atomic mass is 10.0. The third-order valence-corrected chi connectivity index (χ3v) is 10.6. The Labute approximate surface area is 322 Å². The fourth-order valence-electron chi connectivity index (χ4n) is 7.96. The number of rotatable bonds is 6. The summed E-state index contributed by atoms with van der Waals surface area (Å²) < 4.78 is 9.25. The molecule has 262 valence electrons. The van der Waals surface area contributed by atoms with E-state index < -0.39 is 0 Å². The molecule has 8 aromatic carbocycles. The molecule has 3 heterocycles. The number of hydrogen-bond acceptors (Lipinski definition) is 4. The minimum absolute atomic E-state index is 0.587. The van der Waals surface area contributed by atoms with Crippen LogP contribution in [0, 0.1) is 0 Å². The van der Waals surface area contributed by atoms with E-state index in [0.717, 1.165) is 66.5 Å². The summed E-state index contributed by atoms with van der Waals surface area (Å²) in [6.45, 7) is 0. The van der Waals surface area contributed by atoms with Gasteiger partial charge in [0.1, 0.15) is 11.2 Å². The van der Waals surface area contributed by atoms with Gasteiger partial charge in [-0.1, -0.05) is 152 Å². The Balaban J connectivity index is 1.12. The summed E-state index contributed by atoms with van der Waals surface area (Å²) in [4.78, 5) is 14.9. The minimum atomic E-state index is 0.587. The summed E-state index contributed by atoms with van der Waals surface area (Å²) >= 11 is 0.